The van der Waals surface area contributed by atoms with E-state index in [0.29, 0.717) is 19.3 Å². The topological polar surface area (TPSA) is 93.1 Å². The van der Waals surface area contributed by atoms with E-state index in [1.807, 2.05) is 6.92 Å². The first-order valence-corrected chi connectivity index (χ1v) is 18.2. The highest BCUT2D eigenvalue weighted by atomic mass is 16.6. The lowest BCUT2D eigenvalue weighted by Gasteiger charge is -2.15. The van der Waals surface area contributed by atoms with Gasteiger partial charge in [0.1, 0.15) is 6.61 Å². The second-order valence-corrected chi connectivity index (χ2v) is 12.2. The van der Waals surface area contributed by atoms with Crippen molar-refractivity contribution in [3.8, 4) is 0 Å². The number of ether oxygens (including phenoxy) is 2. The molecule has 0 amide bonds. The zero-order valence-electron chi connectivity index (χ0n) is 29.0. The summed E-state index contributed by atoms with van der Waals surface area (Å²) >= 11 is 0. The Morgan fingerprint density at radius 1 is 0.600 bits per heavy atom. The van der Waals surface area contributed by atoms with Crippen LogP contribution in [-0.4, -0.2) is 47.6 Å². The number of aliphatic hydroxyl groups excluding tert-OH is 2. The number of aliphatic hydroxyl groups is 2. The summed E-state index contributed by atoms with van der Waals surface area (Å²) in [4.78, 5) is 24.1. The minimum absolute atomic E-state index is 0.102. The smallest absolute Gasteiger partial charge is 0.306 e. The molecule has 0 saturated carbocycles. The van der Waals surface area contributed by atoms with Crippen molar-refractivity contribution >= 4 is 11.9 Å². The molecule has 0 bridgehead atoms. The second kappa shape index (κ2) is 34.7. The normalized spacial score (nSPS) is 13.4. The molecule has 2 N–H and O–H groups in total. The van der Waals surface area contributed by atoms with Crippen LogP contribution in [0.2, 0.25) is 0 Å². The summed E-state index contributed by atoms with van der Waals surface area (Å²) < 4.78 is 10.5. The van der Waals surface area contributed by atoms with E-state index in [9.17, 15) is 19.8 Å². The molecule has 2 atom stereocenters. The highest BCUT2D eigenvalue weighted by Gasteiger charge is 2.16. The largest absolute Gasteiger partial charge is 0.462 e. The van der Waals surface area contributed by atoms with Crippen LogP contribution in [0.25, 0.3) is 0 Å². The van der Waals surface area contributed by atoms with Gasteiger partial charge in [-0.15, -0.1) is 0 Å². The van der Waals surface area contributed by atoms with Gasteiger partial charge in [0.15, 0.2) is 6.10 Å². The molecule has 0 rings (SSSR count). The molecule has 260 valence electrons. The van der Waals surface area contributed by atoms with Crippen molar-refractivity contribution in [2.24, 2.45) is 0 Å². The zero-order valence-corrected chi connectivity index (χ0v) is 29.0. The van der Waals surface area contributed by atoms with E-state index in [2.05, 4.69) is 55.5 Å². The fourth-order valence-electron chi connectivity index (χ4n) is 4.86. The SMILES string of the molecule is CCCCCCCCCCCCCCCC(=O)O[C@@H](CO)COC(=O)CCC/C=C\C/C=C\C/C=C\C/C=C\CCC[C@@H](C)O. The molecule has 45 heavy (non-hydrogen) atoms. The van der Waals surface area contributed by atoms with Crippen molar-refractivity contribution in [2.45, 2.75) is 174 Å². The number of rotatable bonds is 32. The van der Waals surface area contributed by atoms with Crippen LogP contribution in [0.1, 0.15) is 162 Å². The molecule has 0 unspecified atom stereocenters. The lowest BCUT2D eigenvalue weighted by Crippen LogP contribution is -2.28. The van der Waals surface area contributed by atoms with Crippen LogP contribution in [0.5, 0.6) is 0 Å². The maximum absolute atomic E-state index is 12.1. The van der Waals surface area contributed by atoms with Crippen molar-refractivity contribution in [3.63, 3.8) is 0 Å². The van der Waals surface area contributed by atoms with E-state index in [1.54, 1.807) is 0 Å². The predicted molar refractivity (Wildman–Crippen MR) is 188 cm³/mol. The standard InChI is InChI=1S/C39H68O6/c1-3-4-5-6-7-8-9-13-18-21-24-27-30-33-39(43)45-37(34-40)35-44-38(42)32-29-26-23-20-17-15-12-10-11-14-16-19-22-25-28-31-36(2)41/h11-12,14-15,19-20,22-23,36-37,40-41H,3-10,13,16-18,21,24-35H2,1-2H3/b14-11-,15-12-,22-19-,23-20-/t36-,37+/m1/s1. The van der Waals surface area contributed by atoms with Gasteiger partial charge < -0.3 is 19.7 Å². The first kappa shape index (κ1) is 42.8. The molecular formula is C39H68O6. The Kier molecular flexibility index (Phi) is 33.0. The van der Waals surface area contributed by atoms with Gasteiger partial charge in [-0.05, 0) is 64.7 Å². The zero-order chi connectivity index (χ0) is 33.1. The number of hydrogen-bond acceptors (Lipinski definition) is 6. The molecule has 0 aliphatic heterocycles. The molecule has 0 spiro atoms. The fraction of sp³-hybridized carbons (Fsp3) is 0.744. The van der Waals surface area contributed by atoms with Crippen molar-refractivity contribution in [3.05, 3.63) is 48.6 Å². The average molecular weight is 633 g/mol. The quantitative estimate of drug-likeness (QED) is 0.0435. The summed E-state index contributed by atoms with van der Waals surface area (Å²) in [6.07, 6.45) is 40.1. The van der Waals surface area contributed by atoms with Crippen molar-refractivity contribution < 1.29 is 29.3 Å². The average Bonchev–Trinajstić information content (AvgIpc) is 3.02. The van der Waals surface area contributed by atoms with E-state index in [4.69, 9.17) is 9.47 Å². The minimum atomic E-state index is -0.798. The van der Waals surface area contributed by atoms with Gasteiger partial charge in [-0.25, -0.2) is 0 Å². The molecular weight excluding hydrogens is 564 g/mol. The van der Waals surface area contributed by atoms with Crippen LogP contribution in [0.3, 0.4) is 0 Å². The Balaban J connectivity index is 3.69. The summed E-state index contributed by atoms with van der Waals surface area (Å²) in [6.45, 7) is 3.63. The Hall–Kier alpha value is -2.18. The predicted octanol–water partition coefficient (Wildman–Crippen LogP) is 10.0. The van der Waals surface area contributed by atoms with Gasteiger partial charge in [0.05, 0.1) is 12.7 Å². The molecule has 6 nitrogen and oxygen atoms in total. The van der Waals surface area contributed by atoms with Gasteiger partial charge in [-0.2, -0.15) is 0 Å². The Morgan fingerprint density at radius 3 is 1.53 bits per heavy atom. The fourth-order valence-corrected chi connectivity index (χ4v) is 4.86. The summed E-state index contributed by atoms with van der Waals surface area (Å²) in [5, 5.41) is 18.7. The van der Waals surface area contributed by atoms with Crippen LogP contribution < -0.4 is 0 Å². The molecule has 0 radical (unpaired) electrons. The number of allylic oxidation sites excluding steroid dienone is 8. The highest BCUT2D eigenvalue weighted by molar-refractivity contribution is 5.70. The highest BCUT2D eigenvalue weighted by Crippen LogP contribution is 2.13. The van der Waals surface area contributed by atoms with Crippen molar-refractivity contribution in [1.29, 1.82) is 0 Å². The first-order valence-electron chi connectivity index (χ1n) is 18.2. The molecule has 0 fully saturated rings. The Morgan fingerprint density at radius 2 is 1.04 bits per heavy atom. The van der Waals surface area contributed by atoms with Crippen LogP contribution in [0, 0.1) is 0 Å². The summed E-state index contributed by atoms with van der Waals surface area (Å²) in [6, 6.07) is 0. The Bertz CT molecular complexity index is 782. The number of carbonyl (C=O) groups excluding carboxylic acids is 2. The van der Waals surface area contributed by atoms with Crippen molar-refractivity contribution in [2.75, 3.05) is 13.2 Å². The van der Waals surface area contributed by atoms with Gasteiger partial charge in [0.2, 0.25) is 0 Å². The molecule has 0 heterocycles. The van der Waals surface area contributed by atoms with Crippen LogP contribution in [-0.2, 0) is 19.1 Å². The molecule has 0 saturated heterocycles. The molecule has 0 aromatic carbocycles. The van der Waals surface area contributed by atoms with Crippen LogP contribution in [0.4, 0.5) is 0 Å². The monoisotopic (exact) mass is 633 g/mol. The number of hydrogen-bond donors (Lipinski definition) is 2. The third-order valence-corrected chi connectivity index (χ3v) is 7.64. The minimum Gasteiger partial charge on any atom is -0.462 e. The number of carbonyl (C=O) groups is 2. The van der Waals surface area contributed by atoms with E-state index in [0.717, 1.165) is 64.2 Å². The van der Waals surface area contributed by atoms with E-state index in [1.165, 1.54) is 64.2 Å². The van der Waals surface area contributed by atoms with Gasteiger partial charge in [-0.3, -0.25) is 9.59 Å². The van der Waals surface area contributed by atoms with Gasteiger partial charge in [0, 0.05) is 12.8 Å². The number of esters is 2. The van der Waals surface area contributed by atoms with Crippen LogP contribution in [0.15, 0.2) is 48.6 Å². The van der Waals surface area contributed by atoms with Gasteiger partial charge >= 0.3 is 11.9 Å². The van der Waals surface area contributed by atoms with Crippen LogP contribution >= 0.6 is 0 Å². The molecule has 0 aromatic rings. The summed E-state index contributed by atoms with van der Waals surface area (Å²) in [5.41, 5.74) is 0. The lowest BCUT2D eigenvalue weighted by molar-refractivity contribution is -0.161. The third kappa shape index (κ3) is 34.5. The van der Waals surface area contributed by atoms with Gasteiger partial charge in [0.25, 0.3) is 0 Å². The summed E-state index contributed by atoms with van der Waals surface area (Å²) in [5.74, 6) is -0.674. The molecule has 0 aliphatic rings. The number of unbranched alkanes of at least 4 members (excludes halogenated alkanes) is 14. The third-order valence-electron chi connectivity index (χ3n) is 7.64. The maximum atomic E-state index is 12.1. The second-order valence-electron chi connectivity index (χ2n) is 12.2. The maximum Gasteiger partial charge on any atom is 0.306 e. The summed E-state index contributed by atoms with van der Waals surface area (Å²) in [7, 11) is 0. The Labute approximate surface area is 276 Å². The molecule has 0 aromatic heterocycles. The van der Waals surface area contributed by atoms with Crippen molar-refractivity contribution in [1.82, 2.24) is 0 Å². The first-order chi connectivity index (χ1) is 22.0. The van der Waals surface area contributed by atoms with E-state index in [-0.39, 0.29) is 31.3 Å². The molecule has 0 aliphatic carbocycles. The van der Waals surface area contributed by atoms with E-state index >= 15 is 0 Å². The molecule has 6 heteroatoms. The van der Waals surface area contributed by atoms with Gasteiger partial charge in [-0.1, -0.05) is 133 Å². The van der Waals surface area contributed by atoms with E-state index < -0.39 is 6.10 Å². The lowest BCUT2D eigenvalue weighted by atomic mass is 10.0.